The highest BCUT2D eigenvalue weighted by Gasteiger charge is 2.25. The number of carbonyl (C=O) groups is 1. The molecular weight excluding hydrogens is 431 g/mol. The van der Waals surface area contributed by atoms with Crippen LogP contribution in [-0.4, -0.2) is 47.0 Å². The molecule has 5 nitrogen and oxygen atoms in total. The number of aryl methyl sites for hydroxylation is 2. The van der Waals surface area contributed by atoms with E-state index >= 15 is 0 Å². The quantitative estimate of drug-likeness (QED) is 0.559. The molecular formula is C24H24Cl2N4O. The molecule has 2 heterocycles. The number of anilines is 1. The second kappa shape index (κ2) is 9.25. The fourth-order valence-electron chi connectivity index (χ4n) is 3.92. The van der Waals surface area contributed by atoms with E-state index in [-0.39, 0.29) is 5.91 Å². The Morgan fingerprint density at radius 2 is 1.65 bits per heavy atom. The van der Waals surface area contributed by atoms with E-state index in [1.54, 1.807) is 18.2 Å². The van der Waals surface area contributed by atoms with Gasteiger partial charge in [0.05, 0.1) is 0 Å². The van der Waals surface area contributed by atoms with E-state index in [9.17, 15) is 4.79 Å². The highest BCUT2D eigenvalue weighted by atomic mass is 35.5. The maximum absolute atomic E-state index is 12.9. The smallest absolute Gasteiger partial charge is 0.254 e. The van der Waals surface area contributed by atoms with Crippen molar-refractivity contribution in [2.75, 3.05) is 31.1 Å². The van der Waals surface area contributed by atoms with Crippen LogP contribution in [0.3, 0.4) is 0 Å². The van der Waals surface area contributed by atoms with Gasteiger partial charge in [-0.05, 0) is 49.7 Å². The first-order valence-corrected chi connectivity index (χ1v) is 11.0. The highest BCUT2D eigenvalue weighted by Crippen LogP contribution is 2.26. The van der Waals surface area contributed by atoms with Gasteiger partial charge in [-0.2, -0.15) is 0 Å². The SMILES string of the molecule is Cc1nc(C)c(Cc2ccc(Cl)cc2)c(N2CCN(C(=O)c3cccc(Cl)c3)CC2)n1. The molecule has 0 radical (unpaired) electrons. The monoisotopic (exact) mass is 454 g/mol. The summed E-state index contributed by atoms with van der Waals surface area (Å²) < 4.78 is 0. The third kappa shape index (κ3) is 5.00. The molecule has 1 aliphatic heterocycles. The molecule has 160 valence electrons. The molecule has 1 saturated heterocycles. The molecule has 1 fully saturated rings. The maximum atomic E-state index is 12.9. The minimum absolute atomic E-state index is 0.0126. The van der Waals surface area contributed by atoms with Crippen LogP contribution in [0.4, 0.5) is 5.82 Å². The topological polar surface area (TPSA) is 49.3 Å². The third-order valence-electron chi connectivity index (χ3n) is 5.54. The summed E-state index contributed by atoms with van der Waals surface area (Å²) in [6, 6.07) is 15.0. The fraction of sp³-hybridized carbons (Fsp3) is 0.292. The Morgan fingerprint density at radius 3 is 2.32 bits per heavy atom. The number of benzene rings is 2. The van der Waals surface area contributed by atoms with Gasteiger partial charge in [0.25, 0.3) is 5.91 Å². The van der Waals surface area contributed by atoms with Crippen LogP contribution in [0.25, 0.3) is 0 Å². The highest BCUT2D eigenvalue weighted by molar-refractivity contribution is 6.31. The summed E-state index contributed by atoms with van der Waals surface area (Å²) in [6.45, 7) is 6.65. The average molecular weight is 455 g/mol. The van der Waals surface area contributed by atoms with Crippen molar-refractivity contribution in [3.05, 3.63) is 86.8 Å². The Balaban J connectivity index is 1.52. The largest absolute Gasteiger partial charge is 0.353 e. The number of amides is 1. The zero-order chi connectivity index (χ0) is 22.0. The normalized spacial score (nSPS) is 14.1. The van der Waals surface area contributed by atoms with Crippen LogP contribution in [0.2, 0.25) is 10.0 Å². The van der Waals surface area contributed by atoms with E-state index in [2.05, 4.69) is 9.88 Å². The minimum atomic E-state index is 0.0126. The van der Waals surface area contributed by atoms with Gasteiger partial charge in [0.2, 0.25) is 0 Å². The number of carbonyl (C=O) groups excluding carboxylic acids is 1. The Hall–Kier alpha value is -2.63. The van der Waals surface area contributed by atoms with Crippen LogP contribution < -0.4 is 4.90 Å². The van der Waals surface area contributed by atoms with Crippen molar-refractivity contribution in [1.29, 1.82) is 0 Å². The van der Waals surface area contributed by atoms with E-state index in [1.807, 2.05) is 49.1 Å². The Bertz CT molecular complexity index is 1090. The summed E-state index contributed by atoms with van der Waals surface area (Å²) in [7, 11) is 0. The van der Waals surface area contributed by atoms with Gasteiger partial charge in [-0.1, -0.05) is 41.4 Å². The number of aromatic nitrogens is 2. The number of piperazine rings is 1. The first-order chi connectivity index (χ1) is 14.9. The standard InChI is InChI=1S/C24H24Cl2N4O/c1-16-22(14-18-6-8-20(25)9-7-18)23(28-17(2)27-16)29-10-12-30(13-11-29)24(31)19-4-3-5-21(26)15-19/h3-9,15H,10-14H2,1-2H3. The number of halogens is 2. The summed E-state index contributed by atoms with van der Waals surface area (Å²) in [4.78, 5) is 26.4. The number of hydrogen-bond acceptors (Lipinski definition) is 4. The zero-order valence-electron chi connectivity index (χ0n) is 17.6. The predicted octanol–water partition coefficient (Wildman–Crippen LogP) is 4.95. The summed E-state index contributed by atoms with van der Waals surface area (Å²) in [5.41, 5.74) is 3.88. The van der Waals surface area contributed by atoms with E-state index in [1.165, 1.54) is 0 Å². The van der Waals surface area contributed by atoms with E-state index in [0.717, 1.165) is 53.0 Å². The zero-order valence-corrected chi connectivity index (χ0v) is 19.1. The van der Waals surface area contributed by atoms with Gasteiger partial charge in [-0.15, -0.1) is 0 Å². The second-order valence-electron chi connectivity index (χ2n) is 7.75. The van der Waals surface area contributed by atoms with Crippen molar-refractivity contribution in [2.24, 2.45) is 0 Å². The summed E-state index contributed by atoms with van der Waals surface area (Å²) >= 11 is 12.1. The lowest BCUT2D eigenvalue weighted by atomic mass is 10.0. The average Bonchev–Trinajstić information content (AvgIpc) is 2.76. The molecule has 1 aromatic heterocycles. The van der Waals surface area contributed by atoms with Gasteiger partial charge in [-0.3, -0.25) is 4.79 Å². The van der Waals surface area contributed by atoms with Gasteiger partial charge in [0, 0.05) is 59.5 Å². The molecule has 0 atom stereocenters. The van der Waals surface area contributed by atoms with Crippen molar-refractivity contribution in [1.82, 2.24) is 14.9 Å². The Labute approximate surface area is 192 Å². The maximum Gasteiger partial charge on any atom is 0.254 e. The van der Waals surface area contributed by atoms with Crippen molar-refractivity contribution in [2.45, 2.75) is 20.3 Å². The molecule has 0 saturated carbocycles. The van der Waals surface area contributed by atoms with Crippen molar-refractivity contribution < 1.29 is 4.79 Å². The van der Waals surface area contributed by atoms with E-state index in [0.29, 0.717) is 23.7 Å². The van der Waals surface area contributed by atoms with Crippen molar-refractivity contribution >= 4 is 34.9 Å². The molecule has 4 rings (SSSR count). The minimum Gasteiger partial charge on any atom is -0.353 e. The molecule has 0 bridgehead atoms. The lowest BCUT2D eigenvalue weighted by Crippen LogP contribution is -2.49. The summed E-state index contributed by atoms with van der Waals surface area (Å²) in [5.74, 6) is 1.72. The van der Waals surface area contributed by atoms with E-state index in [4.69, 9.17) is 28.2 Å². The number of hydrogen-bond donors (Lipinski definition) is 0. The molecule has 31 heavy (non-hydrogen) atoms. The number of nitrogens with zero attached hydrogens (tertiary/aromatic N) is 4. The molecule has 3 aromatic rings. The first kappa shape index (κ1) is 21.6. The van der Waals surface area contributed by atoms with Gasteiger partial charge in [-0.25, -0.2) is 9.97 Å². The van der Waals surface area contributed by atoms with Gasteiger partial charge < -0.3 is 9.80 Å². The lowest BCUT2D eigenvalue weighted by Gasteiger charge is -2.36. The lowest BCUT2D eigenvalue weighted by molar-refractivity contribution is 0.0746. The number of rotatable bonds is 4. The van der Waals surface area contributed by atoms with Crippen LogP contribution in [0, 0.1) is 13.8 Å². The Kier molecular flexibility index (Phi) is 6.44. The molecule has 0 N–H and O–H groups in total. The summed E-state index contributed by atoms with van der Waals surface area (Å²) in [5, 5.41) is 1.30. The molecule has 7 heteroatoms. The van der Waals surface area contributed by atoms with Crippen LogP contribution in [0.5, 0.6) is 0 Å². The van der Waals surface area contributed by atoms with E-state index < -0.39 is 0 Å². The first-order valence-electron chi connectivity index (χ1n) is 10.3. The third-order valence-corrected chi connectivity index (χ3v) is 6.02. The van der Waals surface area contributed by atoms with Crippen LogP contribution in [-0.2, 0) is 6.42 Å². The fourth-order valence-corrected chi connectivity index (χ4v) is 4.23. The Morgan fingerprint density at radius 1 is 0.935 bits per heavy atom. The summed E-state index contributed by atoms with van der Waals surface area (Å²) in [6.07, 6.45) is 0.736. The van der Waals surface area contributed by atoms with Crippen LogP contribution in [0.1, 0.15) is 33.0 Å². The van der Waals surface area contributed by atoms with Crippen LogP contribution >= 0.6 is 23.2 Å². The molecule has 0 unspecified atom stereocenters. The predicted molar refractivity (Wildman–Crippen MR) is 125 cm³/mol. The van der Waals surface area contributed by atoms with Crippen molar-refractivity contribution in [3.63, 3.8) is 0 Å². The molecule has 1 aliphatic rings. The van der Waals surface area contributed by atoms with Gasteiger partial charge in [0.1, 0.15) is 11.6 Å². The van der Waals surface area contributed by atoms with Gasteiger partial charge >= 0.3 is 0 Å². The molecule has 1 amide bonds. The molecule has 0 aliphatic carbocycles. The second-order valence-corrected chi connectivity index (χ2v) is 8.62. The molecule has 0 spiro atoms. The molecule has 2 aromatic carbocycles. The van der Waals surface area contributed by atoms with Crippen LogP contribution in [0.15, 0.2) is 48.5 Å². The van der Waals surface area contributed by atoms with Crippen molar-refractivity contribution in [3.8, 4) is 0 Å². The van der Waals surface area contributed by atoms with Gasteiger partial charge in [0.15, 0.2) is 0 Å².